The van der Waals surface area contributed by atoms with E-state index in [2.05, 4.69) is 15.0 Å². The molecule has 1 aromatic heterocycles. The Morgan fingerprint density at radius 3 is 2.66 bits per heavy atom. The van der Waals surface area contributed by atoms with Crippen LogP contribution in [0.5, 0.6) is 5.88 Å². The second kappa shape index (κ2) is 10.0. The molecule has 2 heterocycles. The van der Waals surface area contributed by atoms with E-state index in [9.17, 15) is 22.8 Å². The number of alkyl halides is 3. The van der Waals surface area contributed by atoms with Gasteiger partial charge in [-0.05, 0) is 29.2 Å². The molecular formula is C23H26F3N3O3. The molecule has 0 fully saturated rings. The monoisotopic (exact) mass is 449 g/mol. The van der Waals surface area contributed by atoms with Gasteiger partial charge < -0.3 is 15.0 Å². The molecule has 172 valence electrons. The number of nitrogens with one attached hydrogen (secondary N) is 1. The van der Waals surface area contributed by atoms with Gasteiger partial charge in [0.1, 0.15) is 6.04 Å². The lowest BCUT2D eigenvalue weighted by Gasteiger charge is -2.37. The predicted octanol–water partition coefficient (Wildman–Crippen LogP) is 3.64. The van der Waals surface area contributed by atoms with Crippen molar-refractivity contribution in [2.24, 2.45) is 5.92 Å². The van der Waals surface area contributed by atoms with Crippen LogP contribution in [0.2, 0.25) is 0 Å². The minimum absolute atomic E-state index is 0.0751. The number of hydrogen-bond acceptors (Lipinski definition) is 4. The molecule has 1 aliphatic rings. The Morgan fingerprint density at radius 2 is 1.97 bits per heavy atom. The Kier molecular flexibility index (Phi) is 7.37. The number of rotatable bonds is 7. The standard InChI is InChI=1S/C23H26F3N3O3/c1-3-15(2)22(31)29-13-18-7-5-4-6-17(18)11-19(29)21(30)28-12-16-8-9-27-20(10-16)32-14-23(24,25)26/h4-10,15,19H,3,11-14H2,1-2H3,(H,28,30)/t15-,19-/m0/s1. The second-order valence-corrected chi connectivity index (χ2v) is 7.89. The number of fused-ring (bicyclic) bond motifs is 1. The van der Waals surface area contributed by atoms with Crippen molar-refractivity contribution in [3.05, 3.63) is 59.3 Å². The van der Waals surface area contributed by atoms with E-state index in [-0.39, 0.29) is 30.2 Å². The predicted molar refractivity (Wildman–Crippen MR) is 112 cm³/mol. The third-order valence-corrected chi connectivity index (χ3v) is 5.52. The molecule has 0 saturated carbocycles. The molecule has 3 rings (SSSR count). The van der Waals surface area contributed by atoms with E-state index in [1.54, 1.807) is 11.0 Å². The van der Waals surface area contributed by atoms with E-state index >= 15 is 0 Å². The van der Waals surface area contributed by atoms with E-state index in [1.807, 2.05) is 38.1 Å². The van der Waals surface area contributed by atoms with E-state index in [4.69, 9.17) is 0 Å². The van der Waals surface area contributed by atoms with Gasteiger partial charge in [0.05, 0.1) is 0 Å². The highest BCUT2D eigenvalue weighted by atomic mass is 19.4. The van der Waals surface area contributed by atoms with Crippen molar-refractivity contribution in [1.29, 1.82) is 0 Å². The summed E-state index contributed by atoms with van der Waals surface area (Å²) in [5, 5.41) is 2.80. The van der Waals surface area contributed by atoms with Crippen molar-refractivity contribution in [1.82, 2.24) is 15.2 Å². The topological polar surface area (TPSA) is 71.5 Å². The first-order valence-corrected chi connectivity index (χ1v) is 10.5. The van der Waals surface area contributed by atoms with Crippen molar-refractivity contribution < 1.29 is 27.5 Å². The molecule has 32 heavy (non-hydrogen) atoms. The Balaban J connectivity index is 1.70. The maximum Gasteiger partial charge on any atom is 0.422 e. The maximum atomic E-state index is 13.0. The first-order valence-electron chi connectivity index (χ1n) is 10.5. The second-order valence-electron chi connectivity index (χ2n) is 7.89. The fourth-order valence-electron chi connectivity index (χ4n) is 3.55. The van der Waals surface area contributed by atoms with Gasteiger partial charge in [-0.2, -0.15) is 13.2 Å². The van der Waals surface area contributed by atoms with Crippen molar-refractivity contribution in [2.75, 3.05) is 6.61 Å². The highest BCUT2D eigenvalue weighted by molar-refractivity contribution is 5.89. The molecule has 0 unspecified atom stereocenters. The number of halogens is 3. The Bertz CT molecular complexity index is 965. The molecule has 6 nitrogen and oxygen atoms in total. The molecule has 2 amide bonds. The van der Waals surface area contributed by atoms with Crippen LogP contribution in [0.15, 0.2) is 42.6 Å². The molecule has 1 N–H and O–H groups in total. The summed E-state index contributed by atoms with van der Waals surface area (Å²) in [6, 6.07) is 10.00. The third-order valence-electron chi connectivity index (χ3n) is 5.52. The SMILES string of the molecule is CC[C@H](C)C(=O)N1Cc2ccccc2C[C@H]1C(=O)NCc1ccnc(OCC(F)(F)F)c1. The minimum Gasteiger partial charge on any atom is -0.468 e. The van der Waals surface area contributed by atoms with Crippen molar-refractivity contribution in [2.45, 2.75) is 52.0 Å². The molecule has 1 aliphatic heterocycles. The lowest BCUT2D eigenvalue weighted by molar-refractivity contribution is -0.154. The lowest BCUT2D eigenvalue weighted by atomic mass is 9.92. The molecule has 0 bridgehead atoms. The first-order chi connectivity index (χ1) is 15.2. The normalized spacial score (nSPS) is 16.8. The van der Waals surface area contributed by atoms with Gasteiger partial charge in [0.15, 0.2) is 6.61 Å². The summed E-state index contributed by atoms with van der Waals surface area (Å²) in [6.07, 6.45) is -2.07. The lowest BCUT2D eigenvalue weighted by Crippen LogP contribution is -2.53. The van der Waals surface area contributed by atoms with Gasteiger partial charge in [-0.3, -0.25) is 9.59 Å². The number of carbonyl (C=O) groups is 2. The van der Waals surface area contributed by atoms with Gasteiger partial charge in [-0.15, -0.1) is 0 Å². The highest BCUT2D eigenvalue weighted by Gasteiger charge is 2.35. The van der Waals surface area contributed by atoms with Crippen LogP contribution in [-0.4, -0.2) is 40.5 Å². The van der Waals surface area contributed by atoms with Crippen LogP contribution in [-0.2, 0) is 29.1 Å². The van der Waals surface area contributed by atoms with E-state index in [1.165, 1.54) is 12.3 Å². The maximum absolute atomic E-state index is 13.0. The summed E-state index contributed by atoms with van der Waals surface area (Å²) in [7, 11) is 0. The molecule has 0 spiro atoms. The quantitative estimate of drug-likeness (QED) is 0.701. The van der Waals surface area contributed by atoms with E-state index in [0.717, 1.165) is 11.1 Å². The van der Waals surface area contributed by atoms with Gasteiger partial charge in [0.25, 0.3) is 0 Å². The summed E-state index contributed by atoms with van der Waals surface area (Å²) >= 11 is 0. The van der Waals surface area contributed by atoms with Gasteiger partial charge in [0, 0.05) is 37.7 Å². The Labute approximate surface area is 184 Å². The number of hydrogen-bond donors (Lipinski definition) is 1. The molecule has 0 aliphatic carbocycles. The fraction of sp³-hybridized carbons (Fsp3) is 0.435. The van der Waals surface area contributed by atoms with Crippen LogP contribution in [0.3, 0.4) is 0 Å². The number of amides is 2. The van der Waals surface area contributed by atoms with E-state index < -0.39 is 18.8 Å². The zero-order chi connectivity index (χ0) is 23.3. The smallest absolute Gasteiger partial charge is 0.422 e. The molecule has 2 aromatic rings. The van der Waals surface area contributed by atoms with Crippen LogP contribution in [0.25, 0.3) is 0 Å². The largest absolute Gasteiger partial charge is 0.468 e. The van der Waals surface area contributed by atoms with Crippen molar-refractivity contribution >= 4 is 11.8 Å². The number of benzene rings is 1. The number of aromatic nitrogens is 1. The fourth-order valence-corrected chi connectivity index (χ4v) is 3.55. The zero-order valence-corrected chi connectivity index (χ0v) is 18.0. The van der Waals surface area contributed by atoms with Gasteiger partial charge in [-0.25, -0.2) is 4.98 Å². The van der Waals surface area contributed by atoms with Crippen molar-refractivity contribution in [3.8, 4) is 5.88 Å². The number of carbonyl (C=O) groups excluding carboxylic acids is 2. The highest BCUT2D eigenvalue weighted by Crippen LogP contribution is 2.26. The molecule has 1 aromatic carbocycles. The summed E-state index contributed by atoms with van der Waals surface area (Å²) in [5.41, 5.74) is 2.59. The first kappa shape index (κ1) is 23.6. The van der Waals surface area contributed by atoms with Gasteiger partial charge in [0.2, 0.25) is 17.7 Å². The Morgan fingerprint density at radius 1 is 1.25 bits per heavy atom. The Hall–Kier alpha value is -3.10. The summed E-state index contributed by atoms with van der Waals surface area (Å²) in [5.74, 6) is -0.766. The van der Waals surface area contributed by atoms with E-state index in [0.29, 0.717) is 24.9 Å². The summed E-state index contributed by atoms with van der Waals surface area (Å²) in [4.78, 5) is 31.4. The van der Waals surface area contributed by atoms with Crippen LogP contribution < -0.4 is 10.1 Å². The molecule has 9 heteroatoms. The van der Waals surface area contributed by atoms with Crippen LogP contribution in [0.1, 0.15) is 37.0 Å². The average molecular weight is 449 g/mol. The summed E-state index contributed by atoms with van der Waals surface area (Å²) < 4.78 is 41.7. The van der Waals surface area contributed by atoms with Crippen molar-refractivity contribution in [3.63, 3.8) is 0 Å². The number of nitrogens with zero attached hydrogens (tertiary/aromatic N) is 2. The minimum atomic E-state index is -4.46. The van der Waals surface area contributed by atoms with Gasteiger partial charge >= 0.3 is 6.18 Å². The molecule has 0 radical (unpaired) electrons. The zero-order valence-electron chi connectivity index (χ0n) is 18.0. The molecular weight excluding hydrogens is 423 g/mol. The number of pyridine rings is 1. The summed E-state index contributed by atoms with van der Waals surface area (Å²) in [6.45, 7) is 2.77. The van der Waals surface area contributed by atoms with Crippen LogP contribution in [0, 0.1) is 5.92 Å². The van der Waals surface area contributed by atoms with Crippen LogP contribution >= 0.6 is 0 Å². The third kappa shape index (κ3) is 5.99. The molecule has 0 saturated heterocycles. The molecule has 2 atom stereocenters. The van der Waals surface area contributed by atoms with Crippen LogP contribution in [0.4, 0.5) is 13.2 Å². The van der Waals surface area contributed by atoms with Gasteiger partial charge in [-0.1, -0.05) is 38.1 Å². The average Bonchev–Trinajstić information content (AvgIpc) is 2.79. The number of ether oxygens (including phenoxy) is 1.